The summed E-state index contributed by atoms with van der Waals surface area (Å²) in [6.07, 6.45) is 3.28. The fourth-order valence-electron chi connectivity index (χ4n) is 3.69. The van der Waals surface area contributed by atoms with Gasteiger partial charge >= 0.3 is 0 Å². The van der Waals surface area contributed by atoms with E-state index in [-0.39, 0.29) is 18.2 Å². The molecule has 1 N–H and O–H groups in total. The van der Waals surface area contributed by atoms with Crippen molar-refractivity contribution < 1.29 is 8.42 Å². The Kier molecular flexibility index (Phi) is 6.48. The summed E-state index contributed by atoms with van der Waals surface area (Å²) in [5, 5.41) is 3.42. The van der Waals surface area contributed by atoms with E-state index in [2.05, 4.69) is 5.32 Å². The van der Waals surface area contributed by atoms with Gasteiger partial charge in [-0.25, -0.2) is 12.7 Å². The lowest BCUT2D eigenvalue weighted by molar-refractivity contribution is 0.216. The normalized spacial score (nSPS) is 23.6. The molecule has 1 aromatic carbocycles. The molecule has 6 heteroatoms. The molecule has 2 saturated heterocycles. The predicted octanol–water partition coefficient (Wildman–Crippen LogP) is 2.57. The van der Waals surface area contributed by atoms with Crippen LogP contribution in [-0.4, -0.2) is 38.9 Å². The Bertz CT molecular complexity index is 590. The second-order valence-electron chi connectivity index (χ2n) is 6.73. The first-order chi connectivity index (χ1) is 10.5. The Morgan fingerprint density at radius 2 is 1.74 bits per heavy atom. The van der Waals surface area contributed by atoms with Crippen molar-refractivity contribution in [3.8, 4) is 0 Å². The van der Waals surface area contributed by atoms with Crippen LogP contribution in [0.2, 0.25) is 0 Å². The second kappa shape index (κ2) is 7.97. The van der Waals surface area contributed by atoms with Gasteiger partial charge in [-0.3, -0.25) is 0 Å². The van der Waals surface area contributed by atoms with E-state index in [1.54, 1.807) is 4.31 Å². The van der Waals surface area contributed by atoms with Gasteiger partial charge in [-0.15, -0.1) is 12.4 Å². The topological polar surface area (TPSA) is 49.4 Å². The molecule has 4 nitrogen and oxygen atoms in total. The Hall–Kier alpha value is -0.620. The van der Waals surface area contributed by atoms with Gasteiger partial charge in [0, 0.05) is 13.1 Å². The van der Waals surface area contributed by atoms with Crippen LogP contribution in [0.1, 0.15) is 30.4 Å². The first-order valence-electron chi connectivity index (χ1n) is 8.29. The molecule has 23 heavy (non-hydrogen) atoms. The van der Waals surface area contributed by atoms with Gasteiger partial charge in [-0.05, 0) is 56.7 Å². The van der Waals surface area contributed by atoms with Gasteiger partial charge in [-0.1, -0.05) is 29.8 Å². The Morgan fingerprint density at radius 3 is 2.30 bits per heavy atom. The van der Waals surface area contributed by atoms with Gasteiger partial charge in [0.05, 0.1) is 5.75 Å². The number of hydrogen-bond donors (Lipinski definition) is 1. The van der Waals surface area contributed by atoms with Crippen molar-refractivity contribution in [2.75, 3.05) is 26.2 Å². The molecule has 0 spiro atoms. The summed E-state index contributed by atoms with van der Waals surface area (Å²) < 4.78 is 26.9. The molecule has 0 aliphatic carbocycles. The number of nitrogens with zero attached hydrogens (tertiary/aromatic N) is 1. The number of hydrogen-bond acceptors (Lipinski definition) is 3. The predicted molar refractivity (Wildman–Crippen MR) is 96.3 cm³/mol. The van der Waals surface area contributed by atoms with Gasteiger partial charge < -0.3 is 5.32 Å². The van der Waals surface area contributed by atoms with E-state index in [0.29, 0.717) is 19.0 Å². The van der Waals surface area contributed by atoms with Crippen molar-refractivity contribution in [2.24, 2.45) is 11.8 Å². The van der Waals surface area contributed by atoms with E-state index in [4.69, 9.17) is 0 Å². The maximum absolute atomic E-state index is 12.6. The average Bonchev–Trinajstić information content (AvgIpc) is 3.04. The Morgan fingerprint density at radius 1 is 1.09 bits per heavy atom. The number of benzene rings is 1. The van der Waals surface area contributed by atoms with E-state index in [9.17, 15) is 8.42 Å². The minimum absolute atomic E-state index is 0. The molecule has 1 atom stereocenters. The van der Waals surface area contributed by atoms with Crippen molar-refractivity contribution in [3.05, 3.63) is 35.4 Å². The van der Waals surface area contributed by atoms with Crippen LogP contribution >= 0.6 is 12.4 Å². The zero-order chi connectivity index (χ0) is 15.6. The van der Waals surface area contributed by atoms with Gasteiger partial charge in [0.15, 0.2) is 0 Å². The molecule has 2 heterocycles. The zero-order valence-electron chi connectivity index (χ0n) is 13.7. The van der Waals surface area contributed by atoms with Gasteiger partial charge in [0.1, 0.15) is 0 Å². The summed E-state index contributed by atoms with van der Waals surface area (Å²) in [4.78, 5) is 0. The lowest BCUT2D eigenvalue weighted by Gasteiger charge is -2.34. The minimum Gasteiger partial charge on any atom is -0.316 e. The smallest absolute Gasteiger partial charge is 0.218 e. The van der Waals surface area contributed by atoms with Gasteiger partial charge in [0.2, 0.25) is 10.0 Å². The number of halogens is 1. The van der Waals surface area contributed by atoms with Crippen LogP contribution in [0.4, 0.5) is 0 Å². The molecular formula is C17H27ClN2O2S. The second-order valence-corrected chi connectivity index (χ2v) is 8.70. The number of piperidine rings is 1. The SMILES string of the molecule is Cc1ccc(CS(=O)(=O)N2CCC(C3CCNC3)CC2)cc1.Cl. The summed E-state index contributed by atoms with van der Waals surface area (Å²) >= 11 is 0. The third-order valence-electron chi connectivity index (χ3n) is 5.13. The lowest BCUT2D eigenvalue weighted by atomic mass is 9.84. The molecule has 2 aliphatic heterocycles. The van der Waals surface area contributed by atoms with Gasteiger partial charge in [-0.2, -0.15) is 0 Å². The van der Waals surface area contributed by atoms with Crippen LogP contribution in [0.15, 0.2) is 24.3 Å². The molecule has 1 aromatic rings. The van der Waals surface area contributed by atoms with E-state index in [1.807, 2.05) is 31.2 Å². The maximum atomic E-state index is 12.6. The van der Waals surface area contributed by atoms with Crippen molar-refractivity contribution in [2.45, 2.75) is 31.9 Å². The first-order valence-corrected chi connectivity index (χ1v) is 9.89. The number of sulfonamides is 1. The quantitative estimate of drug-likeness (QED) is 0.899. The van der Waals surface area contributed by atoms with E-state index in [0.717, 1.165) is 43.0 Å². The van der Waals surface area contributed by atoms with Crippen LogP contribution in [0.3, 0.4) is 0 Å². The largest absolute Gasteiger partial charge is 0.316 e. The third-order valence-corrected chi connectivity index (χ3v) is 6.98. The first kappa shape index (κ1) is 18.7. The summed E-state index contributed by atoms with van der Waals surface area (Å²) in [7, 11) is -3.18. The molecule has 2 aliphatic rings. The van der Waals surface area contributed by atoms with Crippen molar-refractivity contribution in [1.29, 1.82) is 0 Å². The molecule has 2 fully saturated rings. The molecule has 3 rings (SSSR count). The number of aryl methyl sites for hydroxylation is 1. The van der Waals surface area contributed by atoms with Crippen LogP contribution in [0.25, 0.3) is 0 Å². The van der Waals surface area contributed by atoms with E-state index in [1.165, 1.54) is 6.42 Å². The highest BCUT2D eigenvalue weighted by Gasteiger charge is 2.32. The van der Waals surface area contributed by atoms with Crippen LogP contribution in [0.5, 0.6) is 0 Å². The fraction of sp³-hybridized carbons (Fsp3) is 0.647. The number of nitrogens with one attached hydrogen (secondary N) is 1. The standard InChI is InChI=1S/C17H26N2O2S.ClH/c1-14-2-4-15(5-3-14)13-22(20,21)19-10-7-16(8-11-19)17-6-9-18-12-17;/h2-5,16-18H,6-13H2,1H3;1H. The van der Waals surface area contributed by atoms with Crippen molar-refractivity contribution >= 4 is 22.4 Å². The summed E-state index contributed by atoms with van der Waals surface area (Å²) in [6.45, 7) is 5.63. The molecule has 0 saturated carbocycles. The van der Waals surface area contributed by atoms with Gasteiger partial charge in [0.25, 0.3) is 0 Å². The van der Waals surface area contributed by atoms with E-state index >= 15 is 0 Å². The highest BCUT2D eigenvalue weighted by Crippen LogP contribution is 2.30. The molecule has 0 radical (unpaired) electrons. The lowest BCUT2D eigenvalue weighted by Crippen LogP contribution is -2.40. The highest BCUT2D eigenvalue weighted by atomic mass is 35.5. The van der Waals surface area contributed by atoms with Crippen molar-refractivity contribution in [1.82, 2.24) is 9.62 Å². The summed E-state index contributed by atoms with van der Waals surface area (Å²) in [5.41, 5.74) is 2.04. The third kappa shape index (κ3) is 4.69. The minimum atomic E-state index is -3.18. The monoisotopic (exact) mass is 358 g/mol. The summed E-state index contributed by atoms with van der Waals surface area (Å²) in [5.74, 6) is 1.57. The molecule has 0 aromatic heterocycles. The molecule has 130 valence electrons. The Labute approximate surface area is 146 Å². The average molecular weight is 359 g/mol. The number of rotatable bonds is 4. The molecular weight excluding hydrogens is 332 g/mol. The van der Waals surface area contributed by atoms with Crippen LogP contribution < -0.4 is 5.32 Å². The van der Waals surface area contributed by atoms with Crippen LogP contribution in [-0.2, 0) is 15.8 Å². The van der Waals surface area contributed by atoms with Crippen molar-refractivity contribution in [3.63, 3.8) is 0 Å². The Balaban J connectivity index is 0.00000192. The highest BCUT2D eigenvalue weighted by molar-refractivity contribution is 7.88. The van der Waals surface area contributed by atoms with E-state index < -0.39 is 10.0 Å². The molecule has 0 bridgehead atoms. The zero-order valence-corrected chi connectivity index (χ0v) is 15.3. The maximum Gasteiger partial charge on any atom is 0.218 e. The summed E-state index contributed by atoms with van der Waals surface area (Å²) in [6, 6.07) is 7.79. The molecule has 1 unspecified atom stereocenters. The van der Waals surface area contributed by atoms with Crippen LogP contribution in [0, 0.1) is 18.8 Å². The molecule has 0 amide bonds. The fourth-order valence-corrected chi connectivity index (χ4v) is 5.25.